The molecule has 2 amide bonds. The van der Waals surface area contributed by atoms with Crippen LogP contribution in [0.1, 0.15) is 37.0 Å². The first-order valence-electron chi connectivity index (χ1n) is 7.02. The van der Waals surface area contributed by atoms with E-state index in [9.17, 15) is 14.7 Å². The van der Waals surface area contributed by atoms with Crippen molar-refractivity contribution >= 4 is 17.7 Å². The molecule has 0 saturated heterocycles. The largest absolute Gasteiger partial charge is 0.507 e. The molecule has 0 aromatic heterocycles. The zero-order valence-electron chi connectivity index (χ0n) is 12.2. The monoisotopic (exact) mass is 292 g/mol. The van der Waals surface area contributed by atoms with Gasteiger partial charge in [-0.3, -0.25) is 0 Å². The van der Waals surface area contributed by atoms with Gasteiger partial charge in [-0.1, -0.05) is 0 Å². The molecule has 0 aliphatic heterocycles. The number of anilines is 1. The van der Waals surface area contributed by atoms with E-state index in [0.717, 1.165) is 12.8 Å². The summed E-state index contributed by atoms with van der Waals surface area (Å²) in [6.07, 6.45) is 2.30. The first-order chi connectivity index (χ1) is 9.88. The molecule has 1 saturated carbocycles. The molecular weight excluding hydrogens is 272 g/mol. The lowest BCUT2D eigenvalue weighted by Gasteiger charge is -2.27. The predicted molar refractivity (Wildman–Crippen MR) is 78.7 cm³/mol. The Morgan fingerprint density at radius 2 is 2.05 bits per heavy atom. The summed E-state index contributed by atoms with van der Waals surface area (Å²) in [7, 11) is 0. The van der Waals surface area contributed by atoms with Gasteiger partial charge in [-0.2, -0.15) is 0 Å². The second-order valence-electron chi connectivity index (χ2n) is 5.66. The van der Waals surface area contributed by atoms with Crippen molar-refractivity contribution in [2.75, 3.05) is 11.9 Å². The number of benzene rings is 1. The highest BCUT2D eigenvalue weighted by molar-refractivity contribution is 5.95. The van der Waals surface area contributed by atoms with E-state index < -0.39 is 5.97 Å². The minimum absolute atomic E-state index is 0.0710. The van der Waals surface area contributed by atoms with Crippen LogP contribution in [0.5, 0.6) is 5.75 Å². The predicted octanol–water partition coefficient (Wildman–Crippen LogP) is 2.74. The van der Waals surface area contributed by atoms with Crippen molar-refractivity contribution in [3.63, 3.8) is 0 Å². The third kappa shape index (κ3) is 3.87. The topological polar surface area (TPSA) is 89.9 Å². The number of carboxylic acids is 1. The lowest BCUT2D eigenvalue weighted by atomic mass is 10.2. The Labute approximate surface area is 123 Å². The van der Waals surface area contributed by atoms with Gasteiger partial charge >= 0.3 is 12.0 Å². The number of nitrogens with zero attached hydrogens (tertiary/aromatic N) is 1. The van der Waals surface area contributed by atoms with Crippen LogP contribution in [-0.2, 0) is 0 Å². The van der Waals surface area contributed by atoms with E-state index in [0.29, 0.717) is 18.2 Å². The van der Waals surface area contributed by atoms with Crippen LogP contribution in [0, 0.1) is 5.92 Å². The van der Waals surface area contributed by atoms with Crippen molar-refractivity contribution in [2.24, 2.45) is 5.92 Å². The highest BCUT2D eigenvalue weighted by Gasteiger charge is 2.28. The smallest absolute Gasteiger partial charge is 0.339 e. The number of rotatable bonds is 5. The summed E-state index contributed by atoms with van der Waals surface area (Å²) in [5.41, 5.74) is 0.128. The van der Waals surface area contributed by atoms with Crippen molar-refractivity contribution in [1.29, 1.82) is 0 Å². The molecule has 1 aliphatic rings. The summed E-state index contributed by atoms with van der Waals surface area (Å²) >= 11 is 0. The fourth-order valence-corrected chi connectivity index (χ4v) is 2.09. The van der Waals surface area contributed by atoms with Gasteiger partial charge in [-0.05, 0) is 50.8 Å². The molecule has 1 fully saturated rings. The molecule has 0 spiro atoms. The number of aromatic carboxylic acids is 1. The van der Waals surface area contributed by atoms with Crippen LogP contribution in [0.4, 0.5) is 10.5 Å². The molecule has 114 valence electrons. The van der Waals surface area contributed by atoms with Gasteiger partial charge in [-0.15, -0.1) is 0 Å². The van der Waals surface area contributed by atoms with Gasteiger partial charge < -0.3 is 20.4 Å². The van der Waals surface area contributed by atoms with Crippen LogP contribution in [0.25, 0.3) is 0 Å². The Morgan fingerprint density at radius 1 is 1.38 bits per heavy atom. The van der Waals surface area contributed by atoms with Crippen LogP contribution in [0.2, 0.25) is 0 Å². The summed E-state index contributed by atoms with van der Waals surface area (Å²) in [6.45, 7) is 4.61. The van der Waals surface area contributed by atoms with Crippen molar-refractivity contribution in [1.82, 2.24) is 4.90 Å². The number of amides is 2. The van der Waals surface area contributed by atoms with E-state index >= 15 is 0 Å². The number of hydrogen-bond acceptors (Lipinski definition) is 3. The van der Waals surface area contributed by atoms with Crippen LogP contribution in [-0.4, -0.2) is 39.7 Å². The minimum Gasteiger partial charge on any atom is -0.507 e. The van der Waals surface area contributed by atoms with Crippen LogP contribution < -0.4 is 5.32 Å². The van der Waals surface area contributed by atoms with Crippen LogP contribution >= 0.6 is 0 Å². The van der Waals surface area contributed by atoms with E-state index in [-0.39, 0.29) is 23.4 Å². The van der Waals surface area contributed by atoms with E-state index in [1.54, 1.807) is 4.90 Å². The summed E-state index contributed by atoms with van der Waals surface area (Å²) in [5, 5.41) is 21.1. The molecule has 0 atom stereocenters. The summed E-state index contributed by atoms with van der Waals surface area (Å²) < 4.78 is 0. The van der Waals surface area contributed by atoms with Crippen molar-refractivity contribution in [3.05, 3.63) is 23.8 Å². The maximum Gasteiger partial charge on any atom is 0.339 e. The Morgan fingerprint density at radius 3 is 2.57 bits per heavy atom. The van der Waals surface area contributed by atoms with Crippen LogP contribution in [0.15, 0.2) is 18.2 Å². The number of aromatic hydroxyl groups is 1. The molecule has 21 heavy (non-hydrogen) atoms. The number of carboxylic acid groups (broad SMARTS) is 1. The molecule has 6 nitrogen and oxygen atoms in total. The number of urea groups is 1. The summed E-state index contributed by atoms with van der Waals surface area (Å²) in [4.78, 5) is 25.0. The zero-order chi connectivity index (χ0) is 15.6. The average Bonchev–Trinajstić information content (AvgIpc) is 3.21. The second-order valence-corrected chi connectivity index (χ2v) is 5.66. The standard InChI is InChI=1S/C15H20N2O4/c1-9(2)17(8-10-3-4-10)15(21)16-11-5-6-13(18)12(7-11)14(19)20/h5-7,9-10,18H,3-4,8H2,1-2H3,(H,16,21)(H,19,20). The highest BCUT2D eigenvalue weighted by atomic mass is 16.4. The van der Waals surface area contributed by atoms with Gasteiger partial charge in [0.05, 0.1) is 0 Å². The number of hydrogen-bond donors (Lipinski definition) is 3. The fraction of sp³-hybridized carbons (Fsp3) is 0.467. The first-order valence-corrected chi connectivity index (χ1v) is 7.02. The molecule has 1 aromatic rings. The first kappa shape index (κ1) is 15.2. The third-order valence-corrected chi connectivity index (χ3v) is 3.51. The number of carbonyl (C=O) groups is 2. The molecule has 6 heteroatoms. The third-order valence-electron chi connectivity index (χ3n) is 3.51. The van der Waals surface area contributed by atoms with Gasteiger partial charge in [0, 0.05) is 18.3 Å². The lowest BCUT2D eigenvalue weighted by Crippen LogP contribution is -2.41. The average molecular weight is 292 g/mol. The quantitative estimate of drug-likeness (QED) is 0.728. The molecular formula is C15H20N2O4. The maximum atomic E-state index is 12.3. The fourth-order valence-electron chi connectivity index (χ4n) is 2.09. The van der Waals surface area contributed by atoms with E-state index in [1.165, 1.54) is 18.2 Å². The molecule has 0 radical (unpaired) electrons. The molecule has 3 N–H and O–H groups in total. The van der Waals surface area contributed by atoms with Crippen molar-refractivity contribution in [2.45, 2.75) is 32.7 Å². The van der Waals surface area contributed by atoms with Gasteiger partial charge in [0.1, 0.15) is 11.3 Å². The second kappa shape index (κ2) is 6.03. The molecule has 0 bridgehead atoms. The SMILES string of the molecule is CC(C)N(CC1CC1)C(=O)Nc1ccc(O)c(C(=O)O)c1. The van der Waals surface area contributed by atoms with Gasteiger partial charge in [-0.25, -0.2) is 9.59 Å². The molecule has 0 heterocycles. The van der Waals surface area contributed by atoms with Crippen molar-refractivity contribution in [3.8, 4) is 5.75 Å². The van der Waals surface area contributed by atoms with E-state index in [1.807, 2.05) is 13.8 Å². The summed E-state index contributed by atoms with van der Waals surface area (Å²) in [5.74, 6) is -0.978. The maximum absolute atomic E-state index is 12.3. The Balaban J connectivity index is 2.10. The van der Waals surface area contributed by atoms with Crippen LogP contribution in [0.3, 0.4) is 0 Å². The lowest BCUT2D eigenvalue weighted by molar-refractivity contribution is 0.0693. The molecule has 2 rings (SSSR count). The minimum atomic E-state index is -1.23. The van der Waals surface area contributed by atoms with E-state index in [2.05, 4.69) is 5.32 Å². The Bertz CT molecular complexity index is 553. The van der Waals surface area contributed by atoms with Crippen molar-refractivity contribution < 1.29 is 19.8 Å². The normalized spacial score (nSPS) is 14.0. The Hall–Kier alpha value is -2.24. The highest BCUT2D eigenvalue weighted by Crippen LogP contribution is 2.30. The Kier molecular flexibility index (Phi) is 4.35. The molecule has 0 unspecified atom stereocenters. The molecule has 1 aromatic carbocycles. The number of carbonyl (C=O) groups excluding carboxylic acids is 1. The molecule has 1 aliphatic carbocycles. The zero-order valence-corrected chi connectivity index (χ0v) is 12.2. The van der Waals surface area contributed by atoms with Gasteiger partial charge in [0.2, 0.25) is 0 Å². The summed E-state index contributed by atoms with van der Waals surface area (Å²) in [6, 6.07) is 3.82. The van der Waals surface area contributed by atoms with E-state index in [4.69, 9.17) is 5.11 Å². The number of nitrogens with one attached hydrogen (secondary N) is 1. The van der Waals surface area contributed by atoms with Gasteiger partial charge in [0.15, 0.2) is 0 Å². The number of phenols is 1. The van der Waals surface area contributed by atoms with Gasteiger partial charge in [0.25, 0.3) is 0 Å².